The van der Waals surface area contributed by atoms with Crippen molar-refractivity contribution < 1.29 is 19.7 Å². The van der Waals surface area contributed by atoms with Crippen molar-refractivity contribution in [3.8, 4) is 0 Å². The van der Waals surface area contributed by atoms with Gasteiger partial charge in [-0.05, 0) is 70.5 Å². The average molecular weight is 489 g/mol. The van der Waals surface area contributed by atoms with Crippen LogP contribution in [0.15, 0.2) is 65.5 Å². The SMILES string of the molecule is CN1CCC(C(=O)C2(O)CC=C3C[C@@H]4[C@@H]5C=C[C@H](O)[C@@H]6OC2=C3[C@]56CCN4C)(c2ccccc2)CC1. The molecule has 1 aromatic rings. The summed E-state index contributed by atoms with van der Waals surface area (Å²) in [5.74, 6) is 0.509. The Balaban J connectivity index is 1.38. The lowest BCUT2D eigenvalue weighted by Gasteiger charge is -2.58. The number of ketones is 1. The van der Waals surface area contributed by atoms with Gasteiger partial charge in [0.25, 0.3) is 0 Å². The number of hydrogen-bond acceptors (Lipinski definition) is 6. The van der Waals surface area contributed by atoms with Crippen molar-refractivity contribution in [3.63, 3.8) is 0 Å². The zero-order valence-corrected chi connectivity index (χ0v) is 21.2. The third kappa shape index (κ3) is 2.74. The maximum absolute atomic E-state index is 14.8. The summed E-state index contributed by atoms with van der Waals surface area (Å²) in [5, 5.41) is 23.6. The predicted octanol–water partition coefficient (Wildman–Crippen LogP) is 2.57. The van der Waals surface area contributed by atoms with Crippen LogP contribution in [0.5, 0.6) is 0 Å². The largest absolute Gasteiger partial charge is 0.487 e. The summed E-state index contributed by atoms with van der Waals surface area (Å²) in [6, 6.07) is 10.4. The Morgan fingerprint density at radius 2 is 1.81 bits per heavy atom. The summed E-state index contributed by atoms with van der Waals surface area (Å²) >= 11 is 0. The maximum atomic E-state index is 14.8. The number of ether oxygens (including phenoxy) is 1. The van der Waals surface area contributed by atoms with Crippen molar-refractivity contribution in [2.45, 2.75) is 61.4 Å². The van der Waals surface area contributed by atoms with Crippen LogP contribution in [0.2, 0.25) is 0 Å². The highest BCUT2D eigenvalue weighted by molar-refractivity contribution is 6.00. The standard InChI is InChI=1S/C30H36N2O4/c1-31-15-12-28(13-16-31,20-6-4-3-5-7-20)27(34)30(35)11-10-19-18-22-21-8-9-23(33)25-29(21,14-17-32(22)2)24(19)26(30)36-25/h3-10,21-23,25,33,35H,11-18H2,1-2H3/t21-,22+,23-,25-,29-,30?/m0/s1. The summed E-state index contributed by atoms with van der Waals surface area (Å²) < 4.78 is 6.64. The Labute approximate surface area is 212 Å². The molecule has 1 spiro atoms. The lowest BCUT2D eigenvalue weighted by atomic mass is 9.50. The van der Waals surface area contributed by atoms with Crippen LogP contribution in [0.3, 0.4) is 0 Å². The number of likely N-dealkylation sites (tertiary alicyclic amines) is 2. The maximum Gasteiger partial charge on any atom is 0.184 e. The van der Waals surface area contributed by atoms with Gasteiger partial charge in [0, 0.05) is 29.4 Å². The van der Waals surface area contributed by atoms with Gasteiger partial charge in [0.05, 0.1) is 5.41 Å². The molecule has 190 valence electrons. The normalized spacial score (nSPS) is 40.9. The lowest BCUT2D eigenvalue weighted by molar-refractivity contribution is -0.148. The molecule has 1 aromatic carbocycles. The number of rotatable bonds is 3. The van der Waals surface area contributed by atoms with E-state index in [0.717, 1.165) is 43.6 Å². The van der Waals surface area contributed by atoms with E-state index in [2.05, 4.69) is 36.0 Å². The van der Waals surface area contributed by atoms with E-state index in [1.807, 2.05) is 36.4 Å². The van der Waals surface area contributed by atoms with Crippen LogP contribution in [-0.2, 0) is 14.9 Å². The molecule has 3 fully saturated rings. The number of aliphatic hydroxyl groups excluding tert-OH is 1. The summed E-state index contributed by atoms with van der Waals surface area (Å²) in [5.41, 5.74) is 0.341. The second kappa shape index (κ2) is 7.64. The van der Waals surface area contributed by atoms with Gasteiger partial charge >= 0.3 is 0 Å². The zero-order valence-electron chi connectivity index (χ0n) is 21.2. The van der Waals surface area contributed by atoms with E-state index in [-0.39, 0.29) is 23.5 Å². The van der Waals surface area contributed by atoms with Crippen LogP contribution < -0.4 is 0 Å². The number of nitrogens with zero attached hydrogens (tertiary/aromatic N) is 2. The average Bonchev–Trinajstić information content (AvgIpc) is 3.26. The Morgan fingerprint density at radius 1 is 1.06 bits per heavy atom. The fourth-order valence-corrected chi connectivity index (χ4v) is 8.49. The number of aliphatic hydroxyl groups is 2. The number of benzene rings is 1. The number of carbonyl (C=O) groups excluding carboxylic acids is 1. The Kier molecular flexibility index (Phi) is 4.86. The van der Waals surface area contributed by atoms with Crippen molar-refractivity contribution in [2.75, 3.05) is 33.7 Å². The zero-order chi connectivity index (χ0) is 24.9. The first-order chi connectivity index (χ1) is 17.3. The van der Waals surface area contributed by atoms with Gasteiger partial charge in [-0.15, -0.1) is 0 Å². The number of Topliss-reactive ketones (excluding diaryl/α,β-unsaturated/α-hetero) is 1. The van der Waals surface area contributed by atoms with E-state index in [9.17, 15) is 15.0 Å². The molecule has 6 nitrogen and oxygen atoms in total. The van der Waals surface area contributed by atoms with Crippen molar-refractivity contribution in [1.29, 1.82) is 0 Å². The molecule has 0 amide bonds. The first kappa shape index (κ1) is 22.9. The molecule has 6 heteroatoms. The Hall–Kier alpha value is -2.25. The minimum atomic E-state index is -1.73. The molecule has 6 aliphatic rings. The molecule has 1 unspecified atom stereocenters. The molecule has 0 radical (unpaired) electrons. The van der Waals surface area contributed by atoms with Crippen molar-refractivity contribution in [2.24, 2.45) is 11.3 Å². The van der Waals surface area contributed by atoms with E-state index in [1.54, 1.807) is 0 Å². The van der Waals surface area contributed by atoms with Crippen LogP contribution in [0.25, 0.3) is 0 Å². The first-order valence-corrected chi connectivity index (χ1v) is 13.5. The summed E-state index contributed by atoms with van der Waals surface area (Å²) in [6.45, 7) is 2.52. The van der Waals surface area contributed by atoms with Gasteiger partial charge in [0.15, 0.2) is 11.4 Å². The molecule has 0 aromatic heterocycles. The summed E-state index contributed by atoms with van der Waals surface area (Å²) in [7, 11) is 4.27. The molecule has 2 saturated heterocycles. The second-order valence-corrected chi connectivity index (χ2v) is 12.1. The molecule has 7 rings (SSSR count). The van der Waals surface area contributed by atoms with Crippen molar-refractivity contribution >= 4 is 5.78 Å². The highest BCUT2D eigenvalue weighted by Crippen LogP contribution is 2.66. The smallest absolute Gasteiger partial charge is 0.184 e. The highest BCUT2D eigenvalue weighted by atomic mass is 16.5. The minimum absolute atomic E-state index is 0.142. The molecule has 6 atom stereocenters. The fourth-order valence-electron chi connectivity index (χ4n) is 8.49. The van der Waals surface area contributed by atoms with Gasteiger partial charge in [0.1, 0.15) is 18.0 Å². The Morgan fingerprint density at radius 3 is 2.56 bits per heavy atom. The Bertz CT molecular complexity index is 1200. The molecule has 1 saturated carbocycles. The summed E-state index contributed by atoms with van der Waals surface area (Å²) in [6.07, 6.45) is 8.27. The molecule has 2 N–H and O–H groups in total. The summed E-state index contributed by atoms with van der Waals surface area (Å²) in [4.78, 5) is 19.5. The van der Waals surface area contributed by atoms with E-state index in [1.165, 1.54) is 5.57 Å². The number of carbonyl (C=O) groups is 1. The minimum Gasteiger partial charge on any atom is -0.487 e. The lowest BCUT2D eigenvalue weighted by Crippen LogP contribution is -2.62. The predicted molar refractivity (Wildman–Crippen MR) is 136 cm³/mol. The van der Waals surface area contributed by atoms with Gasteiger partial charge in [-0.3, -0.25) is 4.79 Å². The van der Waals surface area contributed by atoms with Crippen LogP contribution in [0, 0.1) is 11.3 Å². The van der Waals surface area contributed by atoms with Gasteiger partial charge in [-0.2, -0.15) is 0 Å². The van der Waals surface area contributed by atoms with E-state index >= 15 is 0 Å². The quantitative estimate of drug-likeness (QED) is 0.638. The molecule has 36 heavy (non-hydrogen) atoms. The molecule has 2 bridgehead atoms. The van der Waals surface area contributed by atoms with Gasteiger partial charge in [-0.1, -0.05) is 48.6 Å². The van der Waals surface area contributed by atoms with Gasteiger partial charge in [-0.25, -0.2) is 0 Å². The molecule has 3 aliphatic carbocycles. The van der Waals surface area contributed by atoms with Gasteiger partial charge < -0.3 is 24.7 Å². The van der Waals surface area contributed by atoms with E-state index < -0.39 is 23.2 Å². The molecular formula is C30H36N2O4. The van der Waals surface area contributed by atoms with Crippen LogP contribution >= 0.6 is 0 Å². The molecule has 3 aliphatic heterocycles. The third-order valence-corrected chi connectivity index (χ3v) is 10.5. The van der Waals surface area contributed by atoms with E-state index in [4.69, 9.17) is 4.74 Å². The fraction of sp³-hybridized carbons (Fsp3) is 0.567. The van der Waals surface area contributed by atoms with Crippen LogP contribution in [0.4, 0.5) is 0 Å². The van der Waals surface area contributed by atoms with Crippen molar-refractivity contribution in [1.82, 2.24) is 9.80 Å². The number of hydrogen-bond donors (Lipinski definition) is 2. The first-order valence-electron chi connectivity index (χ1n) is 13.5. The second-order valence-electron chi connectivity index (χ2n) is 12.1. The topological polar surface area (TPSA) is 73.2 Å². The monoisotopic (exact) mass is 488 g/mol. The van der Waals surface area contributed by atoms with Crippen molar-refractivity contribution in [3.05, 3.63) is 71.0 Å². The highest BCUT2D eigenvalue weighted by Gasteiger charge is 2.69. The number of piperidine rings is 2. The third-order valence-electron chi connectivity index (χ3n) is 10.5. The molecule has 3 heterocycles. The van der Waals surface area contributed by atoms with Gasteiger partial charge in [0.2, 0.25) is 0 Å². The molecular weight excluding hydrogens is 452 g/mol. The van der Waals surface area contributed by atoms with E-state index in [0.29, 0.717) is 24.6 Å². The van der Waals surface area contributed by atoms with Crippen LogP contribution in [-0.4, -0.2) is 83.4 Å². The van der Waals surface area contributed by atoms with Crippen LogP contribution in [0.1, 0.15) is 37.7 Å².